The summed E-state index contributed by atoms with van der Waals surface area (Å²) < 4.78 is 47.6. The molecule has 1 aromatic heterocycles. The van der Waals surface area contributed by atoms with E-state index in [4.69, 9.17) is 9.84 Å². The third kappa shape index (κ3) is 7.65. The van der Waals surface area contributed by atoms with E-state index in [1.165, 1.54) is 0 Å². The Bertz CT molecular complexity index is 1210. The van der Waals surface area contributed by atoms with Crippen LogP contribution < -0.4 is 11.2 Å². The third-order valence-corrected chi connectivity index (χ3v) is 7.72. The fraction of sp³-hybridized carbons (Fsp3) is 0.667. The van der Waals surface area contributed by atoms with Gasteiger partial charge in [0.1, 0.15) is 36.6 Å². The number of aliphatic hydroxyl groups excluding tert-OH is 5. The fourth-order valence-corrected chi connectivity index (χ4v) is 5.49. The zero-order valence-corrected chi connectivity index (χ0v) is 22.8. The summed E-state index contributed by atoms with van der Waals surface area (Å²) in [4.78, 5) is 55.5. The molecule has 3 heterocycles. The maximum Gasteiger partial charge on any atom is 0.483 e. The van der Waals surface area contributed by atoms with Crippen LogP contribution >= 0.6 is 15.6 Å². The second-order valence-electron chi connectivity index (χ2n) is 7.72. The number of rotatable bonds is 9. The van der Waals surface area contributed by atoms with Crippen LogP contribution in [0.5, 0.6) is 0 Å². The Balaban J connectivity index is 0.00000507. The number of carbonyl (C=O) groups is 1. The first kappa shape index (κ1) is 33.3. The van der Waals surface area contributed by atoms with Crippen molar-refractivity contribution in [2.24, 2.45) is 0 Å². The van der Waals surface area contributed by atoms with Crippen LogP contribution in [0, 0.1) is 0 Å². The van der Waals surface area contributed by atoms with Crippen molar-refractivity contribution in [1.82, 2.24) is 9.55 Å². The normalized spacial score (nSPS) is 36.6. The van der Waals surface area contributed by atoms with Crippen LogP contribution in [0.15, 0.2) is 21.9 Å². The zero-order valence-electron chi connectivity index (χ0n) is 19.1. The summed E-state index contributed by atoms with van der Waals surface area (Å²) in [6.07, 6.45) is -17.2. The predicted octanol–water partition coefficient (Wildman–Crippen LogP) is -5.08. The van der Waals surface area contributed by atoms with Crippen molar-refractivity contribution in [2.75, 3.05) is 6.61 Å². The van der Waals surface area contributed by atoms with E-state index in [1.54, 1.807) is 0 Å². The van der Waals surface area contributed by atoms with E-state index in [2.05, 4.69) is 18.1 Å². The Morgan fingerprint density at radius 1 is 0.974 bits per heavy atom. The van der Waals surface area contributed by atoms with Crippen LogP contribution in [0.2, 0.25) is 0 Å². The second kappa shape index (κ2) is 12.8. The van der Waals surface area contributed by atoms with Crippen molar-refractivity contribution in [3.05, 3.63) is 33.1 Å². The van der Waals surface area contributed by atoms with Crippen molar-refractivity contribution in [2.45, 2.75) is 55.2 Å². The molecule has 211 valence electrons. The molecule has 2 saturated heterocycles. The number of aliphatic carboxylic acids is 1. The van der Waals surface area contributed by atoms with E-state index in [9.17, 15) is 58.8 Å². The van der Waals surface area contributed by atoms with Crippen molar-refractivity contribution in [3.8, 4) is 0 Å². The standard InChI is InChI=1S/C15H22N2O18P2.Na/c18-5-1-2-17(15(26)16-5)12-9(22)6(19)4(32-12)3-31-36(27,28)35-37(29,30)34-14-10(23)7(20)8(21)11(33-14)13(24)25;/h1-2,4,6-12,14,19-23H,3H2,(H,24,25)(H,27,28)(H,29,30)(H,16,18,26);. The van der Waals surface area contributed by atoms with Gasteiger partial charge in [0.25, 0.3) is 5.56 Å². The average Bonchev–Trinajstić information content (AvgIpc) is 3.05. The molecule has 20 nitrogen and oxygen atoms in total. The molecule has 0 bridgehead atoms. The Kier molecular flexibility index (Phi) is 11.2. The molecule has 0 aliphatic carbocycles. The van der Waals surface area contributed by atoms with Gasteiger partial charge in [-0.1, -0.05) is 0 Å². The van der Waals surface area contributed by atoms with Gasteiger partial charge in [-0.25, -0.2) is 18.7 Å². The summed E-state index contributed by atoms with van der Waals surface area (Å²) in [7, 11) is -11.3. The quantitative estimate of drug-likeness (QED) is 0.0941. The fourth-order valence-electron chi connectivity index (χ4n) is 3.34. The molecule has 2 fully saturated rings. The van der Waals surface area contributed by atoms with Gasteiger partial charge in [-0.3, -0.25) is 23.4 Å². The number of H-pyrrole nitrogens is 1. The molecule has 11 atom stereocenters. The molecule has 9 N–H and O–H groups in total. The maximum absolute atomic E-state index is 12.2. The molecular formula is C15H22N2NaO18P2. The van der Waals surface area contributed by atoms with Crippen LogP contribution in [-0.4, -0.2) is 141 Å². The molecule has 3 rings (SSSR count). The van der Waals surface area contributed by atoms with Crippen molar-refractivity contribution in [3.63, 3.8) is 0 Å². The first-order chi connectivity index (χ1) is 17.0. The largest absolute Gasteiger partial charge is 0.483 e. The number of aromatic nitrogens is 2. The number of hydrogen-bond donors (Lipinski definition) is 9. The van der Waals surface area contributed by atoms with Crippen molar-refractivity contribution < 1.29 is 77.2 Å². The van der Waals surface area contributed by atoms with Gasteiger partial charge in [-0.2, -0.15) is 4.31 Å². The molecule has 0 spiro atoms. The smallest absolute Gasteiger partial charge is 0.479 e. The topological polar surface area (TPSA) is 314 Å². The van der Waals surface area contributed by atoms with E-state index in [1.807, 2.05) is 4.98 Å². The van der Waals surface area contributed by atoms with Crippen LogP contribution in [0.25, 0.3) is 0 Å². The summed E-state index contributed by atoms with van der Waals surface area (Å²) in [5, 5.41) is 58.3. The van der Waals surface area contributed by atoms with Gasteiger partial charge in [-0.05, 0) is 0 Å². The molecule has 23 heteroatoms. The van der Waals surface area contributed by atoms with Gasteiger partial charge in [0.2, 0.25) is 0 Å². The number of nitrogens with one attached hydrogen (secondary N) is 1. The molecule has 38 heavy (non-hydrogen) atoms. The summed E-state index contributed by atoms with van der Waals surface area (Å²) in [6.45, 7) is -1.07. The molecule has 1 radical (unpaired) electrons. The monoisotopic (exact) mass is 603 g/mol. The Labute approximate surface area is 232 Å². The van der Waals surface area contributed by atoms with Gasteiger partial charge < -0.3 is 49.9 Å². The number of ether oxygens (including phenoxy) is 2. The van der Waals surface area contributed by atoms with Crippen molar-refractivity contribution in [1.29, 1.82) is 0 Å². The Hall–Kier alpha value is -0.870. The van der Waals surface area contributed by atoms with E-state index in [0.717, 1.165) is 12.3 Å². The molecule has 0 aromatic carbocycles. The number of carboxylic acid groups (broad SMARTS) is 1. The minimum atomic E-state index is -5.72. The van der Waals surface area contributed by atoms with Crippen LogP contribution in [0.4, 0.5) is 0 Å². The van der Waals surface area contributed by atoms with E-state index < -0.39 is 94.7 Å². The molecule has 2 aliphatic heterocycles. The SMILES string of the molecule is O=C(O)C1OC(OP(=O)(O)OP(=O)(O)OCC2OC(n3ccc(=O)[nH]c3=O)C(O)C2O)C(O)C(O)C1O.[Na]. The predicted molar refractivity (Wildman–Crippen MR) is 115 cm³/mol. The number of phosphoric ester groups is 2. The number of carboxylic acids is 1. The summed E-state index contributed by atoms with van der Waals surface area (Å²) >= 11 is 0. The third-order valence-electron chi connectivity index (χ3n) is 5.12. The van der Waals surface area contributed by atoms with Crippen molar-refractivity contribution >= 4 is 51.2 Å². The number of nitrogens with zero attached hydrogens (tertiary/aromatic N) is 1. The number of hydrogen-bond acceptors (Lipinski definition) is 15. The summed E-state index contributed by atoms with van der Waals surface area (Å²) in [6, 6.07) is 0.910. The van der Waals surface area contributed by atoms with E-state index in [0.29, 0.717) is 4.57 Å². The second-order valence-corrected chi connectivity index (χ2v) is 10.7. The van der Waals surface area contributed by atoms with Gasteiger partial charge in [0, 0.05) is 41.8 Å². The van der Waals surface area contributed by atoms with E-state index in [-0.39, 0.29) is 29.6 Å². The first-order valence-corrected chi connectivity index (χ1v) is 13.0. The van der Waals surface area contributed by atoms with Gasteiger partial charge in [0.15, 0.2) is 18.6 Å². The molecule has 11 unspecified atom stereocenters. The first-order valence-electron chi connectivity index (χ1n) is 9.98. The minimum absolute atomic E-state index is 0. The summed E-state index contributed by atoms with van der Waals surface area (Å²) in [5.41, 5.74) is -1.78. The average molecular weight is 603 g/mol. The maximum atomic E-state index is 12.2. The Morgan fingerprint density at radius 3 is 2.18 bits per heavy atom. The van der Waals surface area contributed by atoms with E-state index >= 15 is 0 Å². The van der Waals surface area contributed by atoms with Crippen LogP contribution in [-0.2, 0) is 36.8 Å². The Morgan fingerprint density at radius 2 is 1.61 bits per heavy atom. The number of aliphatic hydroxyl groups is 5. The van der Waals surface area contributed by atoms with Gasteiger partial charge in [-0.15, -0.1) is 0 Å². The van der Waals surface area contributed by atoms with Crippen LogP contribution in [0.3, 0.4) is 0 Å². The molecular weight excluding hydrogens is 581 g/mol. The number of aromatic amines is 1. The minimum Gasteiger partial charge on any atom is -0.479 e. The van der Waals surface area contributed by atoms with Gasteiger partial charge >= 0.3 is 27.3 Å². The number of phosphoric acid groups is 2. The van der Waals surface area contributed by atoms with Gasteiger partial charge in [0.05, 0.1) is 6.61 Å². The molecule has 0 amide bonds. The molecule has 0 saturated carbocycles. The summed E-state index contributed by atoms with van der Waals surface area (Å²) in [5.74, 6) is -1.85. The molecule has 2 aliphatic rings. The molecule has 1 aromatic rings. The zero-order chi connectivity index (χ0) is 27.9. The van der Waals surface area contributed by atoms with Crippen LogP contribution in [0.1, 0.15) is 6.23 Å².